The van der Waals surface area contributed by atoms with Gasteiger partial charge in [-0.2, -0.15) is 9.61 Å². The predicted octanol–water partition coefficient (Wildman–Crippen LogP) is 2.05. The van der Waals surface area contributed by atoms with Crippen molar-refractivity contribution in [3.8, 4) is 0 Å². The molecule has 5 rings (SSSR count). The molecule has 6 nitrogen and oxygen atoms in total. The zero-order chi connectivity index (χ0) is 14.5. The van der Waals surface area contributed by atoms with Crippen molar-refractivity contribution in [1.82, 2.24) is 19.6 Å². The Hall–Kier alpha value is -1.73. The number of aromatic nitrogens is 4. The normalized spacial score (nSPS) is 19.0. The van der Waals surface area contributed by atoms with Gasteiger partial charge in [0, 0.05) is 18.0 Å². The highest BCUT2D eigenvalue weighted by atomic mass is 32.1. The van der Waals surface area contributed by atoms with Crippen molar-refractivity contribution in [3.05, 3.63) is 16.8 Å². The molecule has 0 N–H and O–H groups in total. The van der Waals surface area contributed by atoms with E-state index in [1.165, 1.54) is 35.1 Å². The van der Waals surface area contributed by atoms with Gasteiger partial charge in [0.2, 0.25) is 5.95 Å². The molecule has 0 amide bonds. The number of rotatable bonds is 1. The van der Waals surface area contributed by atoms with E-state index in [-0.39, 0.29) is 0 Å². The van der Waals surface area contributed by atoms with E-state index in [4.69, 9.17) is 9.72 Å². The zero-order valence-corrected chi connectivity index (χ0v) is 13.1. The Bertz CT molecular complexity index is 848. The van der Waals surface area contributed by atoms with E-state index < -0.39 is 0 Å². The van der Waals surface area contributed by atoms with Gasteiger partial charge in [-0.1, -0.05) is 0 Å². The van der Waals surface area contributed by atoms with Gasteiger partial charge < -0.3 is 9.64 Å². The van der Waals surface area contributed by atoms with Crippen LogP contribution < -0.4 is 4.90 Å². The summed E-state index contributed by atoms with van der Waals surface area (Å²) in [4.78, 5) is 14.4. The molecular formula is C15H17N5OS. The second kappa shape index (κ2) is 4.89. The van der Waals surface area contributed by atoms with Crippen LogP contribution in [0.1, 0.15) is 23.3 Å². The quantitative estimate of drug-likeness (QED) is 0.688. The van der Waals surface area contributed by atoms with Crippen LogP contribution in [0.15, 0.2) is 6.33 Å². The highest BCUT2D eigenvalue weighted by molar-refractivity contribution is 7.19. The minimum Gasteiger partial charge on any atom is -0.378 e. The lowest BCUT2D eigenvalue weighted by atomic mass is 9.97. The van der Waals surface area contributed by atoms with Crippen LogP contribution in [0.2, 0.25) is 0 Å². The van der Waals surface area contributed by atoms with Crippen molar-refractivity contribution in [2.75, 3.05) is 31.2 Å². The highest BCUT2D eigenvalue weighted by Gasteiger charge is 2.24. The maximum atomic E-state index is 5.46. The second-order valence-corrected chi connectivity index (χ2v) is 6.98. The van der Waals surface area contributed by atoms with Gasteiger partial charge in [0.05, 0.1) is 18.6 Å². The summed E-state index contributed by atoms with van der Waals surface area (Å²) in [5, 5.41) is 5.67. The Morgan fingerprint density at radius 1 is 1.14 bits per heavy atom. The Kier molecular flexibility index (Phi) is 2.84. The number of morpholine rings is 1. The molecule has 0 aromatic carbocycles. The number of nitrogens with zero attached hydrogens (tertiary/aromatic N) is 5. The maximum Gasteiger partial charge on any atom is 0.230 e. The van der Waals surface area contributed by atoms with Gasteiger partial charge in [-0.15, -0.1) is 11.3 Å². The van der Waals surface area contributed by atoms with Crippen LogP contribution in [-0.2, 0) is 17.6 Å². The largest absolute Gasteiger partial charge is 0.378 e. The minimum absolute atomic E-state index is 0.747. The molecule has 1 fully saturated rings. The van der Waals surface area contributed by atoms with Crippen molar-refractivity contribution in [2.45, 2.75) is 25.7 Å². The van der Waals surface area contributed by atoms with E-state index in [1.807, 2.05) is 15.9 Å². The predicted molar refractivity (Wildman–Crippen MR) is 85.8 cm³/mol. The first-order valence-electron chi connectivity index (χ1n) is 7.88. The number of thiophene rings is 1. The first-order chi connectivity index (χ1) is 10.9. The summed E-state index contributed by atoms with van der Waals surface area (Å²) in [5.74, 6) is 0.905. The van der Waals surface area contributed by atoms with Crippen molar-refractivity contribution in [2.24, 2.45) is 0 Å². The summed E-state index contributed by atoms with van der Waals surface area (Å²) in [6.07, 6.45) is 6.54. The maximum absolute atomic E-state index is 5.46. The van der Waals surface area contributed by atoms with E-state index in [9.17, 15) is 0 Å². The van der Waals surface area contributed by atoms with Gasteiger partial charge >= 0.3 is 0 Å². The molecule has 0 spiro atoms. The summed E-state index contributed by atoms with van der Waals surface area (Å²) >= 11 is 1.85. The van der Waals surface area contributed by atoms with Crippen LogP contribution in [0.3, 0.4) is 0 Å². The summed E-state index contributed by atoms with van der Waals surface area (Å²) in [6.45, 7) is 3.21. The van der Waals surface area contributed by atoms with Crippen molar-refractivity contribution < 1.29 is 4.74 Å². The molecule has 1 saturated heterocycles. The number of aryl methyl sites for hydroxylation is 2. The molecule has 0 radical (unpaired) electrons. The average molecular weight is 315 g/mol. The molecule has 1 aliphatic heterocycles. The molecule has 7 heteroatoms. The SMILES string of the molecule is c1nc2c3c4c(sc3nc(N3CCOCC3)n2n1)CCCC4. The number of fused-ring (bicyclic) bond motifs is 5. The van der Waals surface area contributed by atoms with E-state index in [0.29, 0.717) is 0 Å². The molecule has 3 aromatic heterocycles. The fraction of sp³-hybridized carbons (Fsp3) is 0.533. The van der Waals surface area contributed by atoms with Crippen LogP contribution >= 0.6 is 11.3 Å². The van der Waals surface area contributed by atoms with Crippen molar-refractivity contribution in [1.29, 1.82) is 0 Å². The molecule has 0 bridgehead atoms. The molecule has 22 heavy (non-hydrogen) atoms. The molecule has 0 unspecified atom stereocenters. The Labute approximate surface area is 131 Å². The summed E-state index contributed by atoms with van der Waals surface area (Å²) < 4.78 is 7.37. The molecule has 0 atom stereocenters. The van der Waals surface area contributed by atoms with E-state index >= 15 is 0 Å². The Morgan fingerprint density at radius 2 is 2.00 bits per heavy atom. The molecule has 4 heterocycles. The zero-order valence-electron chi connectivity index (χ0n) is 12.3. The minimum atomic E-state index is 0.747. The number of hydrogen-bond donors (Lipinski definition) is 0. The van der Waals surface area contributed by atoms with Crippen LogP contribution in [0.4, 0.5) is 5.95 Å². The Morgan fingerprint density at radius 3 is 2.91 bits per heavy atom. The van der Waals surface area contributed by atoms with E-state index in [2.05, 4.69) is 15.0 Å². The topological polar surface area (TPSA) is 55.5 Å². The average Bonchev–Trinajstić information content (AvgIpc) is 3.18. The lowest BCUT2D eigenvalue weighted by Crippen LogP contribution is -2.38. The Balaban J connectivity index is 1.78. The van der Waals surface area contributed by atoms with Gasteiger partial charge in [0.1, 0.15) is 11.2 Å². The first kappa shape index (κ1) is 12.8. The number of hydrogen-bond acceptors (Lipinski definition) is 6. The van der Waals surface area contributed by atoms with Gasteiger partial charge in [-0.05, 0) is 31.2 Å². The van der Waals surface area contributed by atoms with Crippen molar-refractivity contribution >= 4 is 33.1 Å². The third-order valence-electron chi connectivity index (χ3n) is 4.61. The van der Waals surface area contributed by atoms with Gasteiger partial charge in [-0.25, -0.2) is 9.97 Å². The summed E-state index contributed by atoms with van der Waals surface area (Å²) in [6, 6.07) is 0. The van der Waals surface area contributed by atoms with Crippen molar-refractivity contribution in [3.63, 3.8) is 0 Å². The van der Waals surface area contributed by atoms with Gasteiger partial charge in [0.15, 0.2) is 5.65 Å². The molecule has 3 aromatic rings. The molecule has 2 aliphatic rings. The van der Waals surface area contributed by atoms with Crippen LogP contribution in [0.25, 0.3) is 15.9 Å². The van der Waals surface area contributed by atoms with Crippen LogP contribution in [-0.4, -0.2) is 45.9 Å². The monoisotopic (exact) mass is 315 g/mol. The molecule has 1 aliphatic carbocycles. The summed E-state index contributed by atoms with van der Waals surface area (Å²) in [7, 11) is 0. The standard InChI is InChI=1S/C15H17N5OS/c1-2-4-11-10(3-1)12-13-16-9-17-20(13)15(18-14(12)22-11)19-5-7-21-8-6-19/h9H,1-8H2. The fourth-order valence-corrected chi connectivity index (χ4v) is 4.78. The molecular weight excluding hydrogens is 298 g/mol. The van der Waals surface area contributed by atoms with E-state index in [1.54, 1.807) is 6.33 Å². The van der Waals surface area contributed by atoms with Crippen LogP contribution in [0, 0.1) is 0 Å². The fourth-order valence-electron chi connectivity index (χ4n) is 3.53. The third kappa shape index (κ3) is 1.78. The second-order valence-electron chi connectivity index (χ2n) is 5.90. The third-order valence-corrected chi connectivity index (χ3v) is 5.79. The lowest BCUT2D eigenvalue weighted by Gasteiger charge is -2.27. The molecule has 0 saturated carbocycles. The number of anilines is 1. The first-order valence-corrected chi connectivity index (χ1v) is 8.70. The summed E-state index contributed by atoms with van der Waals surface area (Å²) in [5.41, 5.74) is 2.43. The van der Waals surface area contributed by atoms with Gasteiger partial charge in [-0.3, -0.25) is 0 Å². The van der Waals surface area contributed by atoms with E-state index in [0.717, 1.165) is 49.2 Å². The smallest absolute Gasteiger partial charge is 0.230 e. The number of ether oxygens (including phenoxy) is 1. The van der Waals surface area contributed by atoms with Crippen LogP contribution in [0.5, 0.6) is 0 Å². The van der Waals surface area contributed by atoms with Gasteiger partial charge in [0.25, 0.3) is 0 Å². The lowest BCUT2D eigenvalue weighted by molar-refractivity contribution is 0.122. The highest BCUT2D eigenvalue weighted by Crippen LogP contribution is 2.38. The molecule has 114 valence electrons.